The van der Waals surface area contributed by atoms with Crippen molar-refractivity contribution in [1.29, 1.82) is 5.26 Å². The van der Waals surface area contributed by atoms with Crippen LogP contribution in [0.1, 0.15) is 31.4 Å². The number of nitrogens with zero attached hydrogens (tertiary/aromatic N) is 3. The normalized spacial score (nSPS) is 19.8. The summed E-state index contributed by atoms with van der Waals surface area (Å²) in [7, 11) is 0. The maximum absolute atomic E-state index is 13.6. The highest BCUT2D eigenvalue weighted by atomic mass is 32.2. The second-order valence-corrected chi connectivity index (χ2v) is 9.27. The maximum atomic E-state index is 13.6. The van der Waals surface area contributed by atoms with Crippen molar-refractivity contribution in [3.63, 3.8) is 0 Å². The maximum Gasteiger partial charge on any atom is 0.417 e. The number of pyridine rings is 1. The van der Waals surface area contributed by atoms with E-state index in [1.54, 1.807) is 28.5 Å². The van der Waals surface area contributed by atoms with Crippen molar-refractivity contribution in [2.45, 2.75) is 31.5 Å². The van der Waals surface area contributed by atoms with Gasteiger partial charge >= 0.3 is 6.18 Å². The number of alkyl halides is 3. The van der Waals surface area contributed by atoms with Crippen LogP contribution in [0.2, 0.25) is 0 Å². The molecule has 3 heterocycles. The summed E-state index contributed by atoms with van der Waals surface area (Å²) in [4.78, 5) is 19.3. The molecule has 0 aromatic carbocycles. The zero-order chi connectivity index (χ0) is 21.2. The van der Waals surface area contributed by atoms with E-state index in [1.165, 1.54) is 11.3 Å². The number of nitriles is 1. The summed E-state index contributed by atoms with van der Waals surface area (Å²) in [6, 6.07) is 5.94. The van der Waals surface area contributed by atoms with Crippen molar-refractivity contribution in [1.82, 2.24) is 9.88 Å². The molecule has 1 amide bonds. The van der Waals surface area contributed by atoms with Gasteiger partial charge in [-0.05, 0) is 35.8 Å². The number of aromatic nitrogens is 1. The fourth-order valence-corrected chi connectivity index (χ4v) is 5.19. The van der Waals surface area contributed by atoms with Crippen LogP contribution >= 0.6 is 23.1 Å². The molecule has 1 fully saturated rings. The summed E-state index contributed by atoms with van der Waals surface area (Å²) in [5.41, 5.74) is -1.40. The molecule has 1 saturated heterocycles. The van der Waals surface area contributed by atoms with E-state index in [0.29, 0.717) is 29.8 Å². The molecule has 29 heavy (non-hydrogen) atoms. The molecule has 0 bridgehead atoms. The van der Waals surface area contributed by atoms with E-state index < -0.39 is 17.3 Å². The molecule has 0 spiro atoms. The van der Waals surface area contributed by atoms with Crippen LogP contribution in [-0.2, 0) is 11.0 Å². The van der Waals surface area contributed by atoms with E-state index in [0.717, 1.165) is 24.2 Å². The summed E-state index contributed by atoms with van der Waals surface area (Å²) in [5, 5.41) is 11.1. The van der Waals surface area contributed by atoms with Crippen LogP contribution in [-0.4, -0.2) is 34.6 Å². The van der Waals surface area contributed by atoms with Gasteiger partial charge in [0.15, 0.2) is 0 Å². The second kappa shape index (κ2) is 8.76. The van der Waals surface area contributed by atoms with E-state index in [2.05, 4.69) is 18.8 Å². The zero-order valence-electron chi connectivity index (χ0n) is 16.0. The molecular formula is C20H20F3N3OS2. The van der Waals surface area contributed by atoms with Gasteiger partial charge in [0.05, 0.1) is 27.5 Å². The lowest BCUT2D eigenvalue weighted by Gasteiger charge is -2.35. The minimum Gasteiger partial charge on any atom is -0.341 e. The van der Waals surface area contributed by atoms with Crippen molar-refractivity contribution >= 4 is 29.0 Å². The molecular weight excluding hydrogens is 419 g/mol. The molecule has 0 aliphatic carbocycles. The summed E-state index contributed by atoms with van der Waals surface area (Å²) in [6.45, 7) is 5.45. The van der Waals surface area contributed by atoms with E-state index >= 15 is 0 Å². The van der Waals surface area contributed by atoms with Gasteiger partial charge in [-0.25, -0.2) is 4.98 Å². The number of amides is 1. The first-order valence-electron chi connectivity index (χ1n) is 9.15. The largest absolute Gasteiger partial charge is 0.417 e. The van der Waals surface area contributed by atoms with Crippen LogP contribution in [0.25, 0.3) is 10.6 Å². The smallest absolute Gasteiger partial charge is 0.341 e. The number of thiophene rings is 1. The molecule has 2 atom stereocenters. The summed E-state index contributed by atoms with van der Waals surface area (Å²) in [6.07, 6.45) is -3.63. The molecule has 154 valence electrons. The molecule has 0 unspecified atom stereocenters. The van der Waals surface area contributed by atoms with Crippen molar-refractivity contribution in [2.24, 2.45) is 11.8 Å². The Balaban J connectivity index is 1.88. The number of hydrogen-bond acceptors (Lipinski definition) is 5. The predicted molar refractivity (Wildman–Crippen MR) is 108 cm³/mol. The van der Waals surface area contributed by atoms with Gasteiger partial charge in [0.1, 0.15) is 11.1 Å². The lowest BCUT2D eigenvalue weighted by atomic mass is 9.92. The Morgan fingerprint density at radius 3 is 2.62 bits per heavy atom. The SMILES string of the molecule is C[C@H]1C[C@H](C)CN(C(=O)CSc2nc(-c3cccs3)cc(C(F)(F)F)c2C#N)C1. The Hall–Kier alpha value is -2.05. The van der Waals surface area contributed by atoms with Gasteiger partial charge in [0.2, 0.25) is 5.91 Å². The number of rotatable bonds is 4. The van der Waals surface area contributed by atoms with E-state index in [-0.39, 0.29) is 22.4 Å². The summed E-state index contributed by atoms with van der Waals surface area (Å²) in [5.74, 6) is 0.583. The number of halogens is 3. The summed E-state index contributed by atoms with van der Waals surface area (Å²) >= 11 is 2.17. The van der Waals surface area contributed by atoms with Crippen LogP contribution in [0.5, 0.6) is 0 Å². The average molecular weight is 440 g/mol. The van der Waals surface area contributed by atoms with Crippen LogP contribution in [0.3, 0.4) is 0 Å². The number of thioether (sulfide) groups is 1. The Morgan fingerprint density at radius 1 is 1.38 bits per heavy atom. The van der Waals surface area contributed by atoms with Crippen molar-refractivity contribution < 1.29 is 18.0 Å². The lowest BCUT2D eigenvalue weighted by molar-refractivity contribution is -0.138. The van der Waals surface area contributed by atoms with Crippen LogP contribution in [0.15, 0.2) is 28.6 Å². The highest BCUT2D eigenvalue weighted by molar-refractivity contribution is 8.00. The highest BCUT2D eigenvalue weighted by Gasteiger charge is 2.36. The van der Waals surface area contributed by atoms with E-state index in [4.69, 9.17) is 0 Å². The third-order valence-electron chi connectivity index (χ3n) is 4.73. The quantitative estimate of drug-likeness (QED) is 0.607. The van der Waals surface area contributed by atoms with Crippen LogP contribution in [0.4, 0.5) is 13.2 Å². The molecule has 1 aliphatic rings. The minimum absolute atomic E-state index is 0.0493. The minimum atomic E-state index is -4.68. The van der Waals surface area contributed by atoms with E-state index in [9.17, 15) is 23.2 Å². The number of piperidine rings is 1. The highest BCUT2D eigenvalue weighted by Crippen LogP contribution is 2.38. The third-order valence-corrected chi connectivity index (χ3v) is 6.58. The van der Waals surface area contributed by atoms with E-state index in [1.807, 2.05) is 0 Å². The summed E-state index contributed by atoms with van der Waals surface area (Å²) < 4.78 is 40.7. The van der Waals surface area contributed by atoms with Gasteiger partial charge in [0.25, 0.3) is 0 Å². The number of carbonyl (C=O) groups excluding carboxylic acids is 1. The Labute approximate surface area is 175 Å². The van der Waals surface area contributed by atoms with Gasteiger partial charge in [-0.3, -0.25) is 4.79 Å². The molecule has 0 radical (unpaired) electrons. The predicted octanol–water partition coefficient (Wildman–Crippen LogP) is 5.30. The molecule has 0 saturated carbocycles. The van der Waals surface area contributed by atoms with Crippen LogP contribution < -0.4 is 0 Å². The number of hydrogen-bond donors (Lipinski definition) is 0. The van der Waals surface area contributed by atoms with Crippen molar-refractivity contribution in [3.05, 3.63) is 34.7 Å². The first kappa shape index (κ1) is 21.7. The molecule has 2 aromatic rings. The van der Waals surface area contributed by atoms with Crippen molar-refractivity contribution in [2.75, 3.05) is 18.8 Å². The fourth-order valence-electron chi connectivity index (χ4n) is 3.60. The molecule has 2 aromatic heterocycles. The Kier molecular flexibility index (Phi) is 6.54. The first-order valence-corrected chi connectivity index (χ1v) is 11.0. The topological polar surface area (TPSA) is 57.0 Å². The standard InChI is InChI=1S/C20H20F3N3OS2/c1-12-6-13(2)10-26(9-12)18(27)11-29-19-14(8-24)15(20(21,22)23)7-16(25-19)17-4-3-5-28-17/h3-5,7,12-13H,6,9-11H2,1-2H3/t12-,13-/m0/s1. The fraction of sp³-hybridized carbons (Fsp3) is 0.450. The van der Waals surface area contributed by atoms with Gasteiger partial charge < -0.3 is 4.90 Å². The van der Waals surface area contributed by atoms with Gasteiger partial charge in [-0.15, -0.1) is 11.3 Å². The Bertz CT molecular complexity index is 912. The molecule has 1 aliphatic heterocycles. The number of carbonyl (C=O) groups is 1. The molecule has 9 heteroatoms. The molecule has 3 rings (SSSR count). The molecule has 4 nitrogen and oxygen atoms in total. The Morgan fingerprint density at radius 2 is 2.07 bits per heavy atom. The van der Waals surface area contributed by atoms with Gasteiger partial charge in [-0.1, -0.05) is 31.7 Å². The van der Waals surface area contributed by atoms with Gasteiger partial charge in [0, 0.05) is 13.1 Å². The zero-order valence-corrected chi connectivity index (χ0v) is 17.6. The molecule has 0 N–H and O–H groups in total. The van der Waals surface area contributed by atoms with Gasteiger partial charge in [-0.2, -0.15) is 18.4 Å². The second-order valence-electron chi connectivity index (χ2n) is 7.36. The first-order chi connectivity index (χ1) is 13.7. The third kappa shape index (κ3) is 5.11. The van der Waals surface area contributed by atoms with Crippen molar-refractivity contribution in [3.8, 4) is 16.6 Å². The lowest BCUT2D eigenvalue weighted by Crippen LogP contribution is -2.43. The monoisotopic (exact) mass is 439 g/mol. The van der Waals surface area contributed by atoms with Crippen LogP contribution in [0, 0.1) is 23.2 Å². The average Bonchev–Trinajstić information content (AvgIpc) is 3.18. The number of likely N-dealkylation sites (tertiary alicyclic amines) is 1.